The van der Waals surface area contributed by atoms with Gasteiger partial charge >= 0.3 is 0 Å². The van der Waals surface area contributed by atoms with Crippen molar-refractivity contribution in [1.29, 1.82) is 0 Å². The van der Waals surface area contributed by atoms with Crippen LogP contribution in [0.3, 0.4) is 0 Å². The number of nitrogens with zero attached hydrogens (tertiary/aromatic N) is 6. The van der Waals surface area contributed by atoms with E-state index in [4.69, 9.17) is 4.52 Å². The molecule has 3 heterocycles. The van der Waals surface area contributed by atoms with Crippen LogP contribution in [0.1, 0.15) is 67.1 Å². The van der Waals surface area contributed by atoms with Gasteiger partial charge in [-0.15, -0.1) is 0 Å². The molecule has 0 radical (unpaired) electrons. The van der Waals surface area contributed by atoms with Crippen LogP contribution in [0.2, 0.25) is 0 Å². The molecule has 2 fully saturated rings. The molecule has 0 N–H and O–H groups in total. The molecule has 1 saturated heterocycles. The summed E-state index contributed by atoms with van der Waals surface area (Å²) in [6.07, 6.45) is 8.63. The summed E-state index contributed by atoms with van der Waals surface area (Å²) in [5.74, 6) is 1.64. The summed E-state index contributed by atoms with van der Waals surface area (Å²) in [4.78, 5) is 41.1. The predicted molar refractivity (Wildman–Crippen MR) is 103 cm³/mol. The Morgan fingerprint density at radius 1 is 1.28 bits per heavy atom. The van der Waals surface area contributed by atoms with E-state index in [0.29, 0.717) is 43.5 Å². The summed E-state index contributed by atoms with van der Waals surface area (Å²) in [6, 6.07) is 1.59. The van der Waals surface area contributed by atoms with Crippen molar-refractivity contribution >= 4 is 11.8 Å². The molecule has 1 unspecified atom stereocenters. The molecule has 2 aromatic heterocycles. The first-order chi connectivity index (χ1) is 14.1. The predicted octanol–water partition coefficient (Wildman–Crippen LogP) is 1.82. The lowest BCUT2D eigenvalue weighted by Crippen LogP contribution is -2.51. The van der Waals surface area contributed by atoms with Crippen LogP contribution in [0.4, 0.5) is 0 Å². The van der Waals surface area contributed by atoms with Crippen molar-refractivity contribution in [2.45, 2.75) is 57.4 Å². The molecule has 0 aromatic carbocycles. The Balaban J connectivity index is 1.37. The number of amides is 2. The number of hydrogen-bond donors (Lipinski definition) is 0. The van der Waals surface area contributed by atoms with Crippen LogP contribution < -0.4 is 0 Å². The van der Waals surface area contributed by atoms with Gasteiger partial charge in [0, 0.05) is 51.1 Å². The number of carbonyl (C=O) groups excluding carboxylic acids is 2. The average Bonchev–Trinajstić information content (AvgIpc) is 3.15. The molecule has 9 heteroatoms. The first-order valence-corrected chi connectivity index (χ1v) is 10.3. The largest absolute Gasteiger partial charge is 0.339 e. The van der Waals surface area contributed by atoms with Gasteiger partial charge in [-0.25, -0.2) is 9.97 Å². The second-order valence-electron chi connectivity index (χ2n) is 7.78. The standard InChI is InChI=1S/C20H26N6O3/c1-14(27)26(11-8-18-23-19(29-24-18)15-4-2-5-15)16-6-3-10-25(12-16)20(28)17-7-9-21-13-22-17/h7,9,13,15-16H,2-6,8,10-12H2,1H3. The summed E-state index contributed by atoms with van der Waals surface area (Å²) >= 11 is 0. The fourth-order valence-corrected chi connectivity index (χ4v) is 3.98. The van der Waals surface area contributed by atoms with Crippen molar-refractivity contribution in [2.24, 2.45) is 0 Å². The topological polar surface area (TPSA) is 105 Å². The van der Waals surface area contributed by atoms with Gasteiger partial charge in [-0.05, 0) is 31.7 Å². The molecule has 1 aliphatic carbocycles. The summed E-state index contributed by atoms with van der Waals surface area (Å²) in [7, 11) is 0. The van der Waals surface area contributed by atoms with E-state index in [2.05, 4.69) is 20.1 Å². The molecule has 1 aliphatic heterocycles. The van der Waals surface area contributed by atoms with E-state index in [1.807, 2.05) is 4.90 Å². The Kier molecular flexibility index (Phi) is 5.82. The first-order valence-electron chi connectivity index (χ1n) is 10.3. The van der Waals surface area contributed by atoms with E-state index in [-0.39, 0.29) is 17.9 Å². The monoisotopic (exact) mass is 398 g/mol. The van der Waals surface area contributed by atoms with Crippen LogP contribution in [-0.4, -0.2) is 67.4 Å². The third kappa shape index (κ3) is 4.44. The summed E-state index contributed by atoms with van der Waals surface area (Å²) in [5.41, 5.74) is 0.380. The summed E-state index contributed by atoms with van der Waals surface area (Å²) in [5, 5.41) is 4.08. The highest BCUT2D eigenvalue weighted by Gasteiger charge is 2.31. The molecule has 2 amide bonds. The fraction of sp³-hybridized carbons (Fsp3) is 0.600. The molecule has 1 atom stereocenters. The van der Waals surface area contributed by atoms with E-state index in [9.17, 15) is 9.59 Å². The van der Waals surface area contributed by atoms with Gasteiger partial charge in [-0.2, -0.15) is 4.98 Å². The van der Waals surface area contributed by atoms with Gasteiger partial charge in [0.2, 0.25) is 11.8 Å². The van der Waals surface area contributed by atoms with E-state index < -0.39 is 0 Å². The normalized spacial score (nSPS) is 19.6. The molecule has 0 spiro atoms. The smallest absolute Gasteiger partial charge is 0.272 e. The second kappa shape index (κ2) is 8.67. The van der Waals surface area contributed by atoms with Crippen LogP contribution in [0, 0.1) is 0 Å². The fourth-order valence-electron chi connectivity index (χ4n) is 3.98. The van der Waals surface area contributed by atoms with Crippen LogP contribution >= 0.6 is 0 Å². The highest BCUT2D eigenvalue weighted by molar-refractivity contribution is 5.92. The van der Waals surface area contributed by atoms with E-state index in [0.717, 1.165) is 31.6 Å². The number of aromatic nitrogens is 4. The molecular weight excluding hydrogens is 372 g/mol. The third-order valence-corrected chi connectivity index (χ3v) is 5.84. The second-order valence-corrected chi connectivity index (χ2v) is 7.78. The maximum atomic E-state index is 12.7. The van der Waals surface area contributed by atoms with E-state index >= 15 is 0 Å². The minimum atomic E-state index is -0.121. The molecule has 0 bridgehead atoms. The molecule has 2 aromatic rings. The number of likely N-dealkylation sites (tertiary alicyclic amines) is 1. The van der Waals surface area contributed by atoms with E-state index in [1.165, 1.54) is 12.7 Å². The third-order valence-electron chi connectivity index (χ3n) is 5.84. The average molecular weight is 398 g/mol. The quantitative estimate of drug-likeness (QED) is 0.731. The Hall–Kier alpha value is -2.84. The lowest BCUT2D eigenvalue weighted by Gasteiger charge is -2.38. The molecule has 2 aliphatic rings. The maximum absolute atomic E-state index is 12.7. The van der Waals surface area contributed by atoms with Gasteiger partial charge in [-0.3, -0.25) is 9.59 Å². The zero-order chi connectivity index (χ0) is 20.2. The number of hydrogen-bond acceptors (Lipinski definition) is 7. The molecule has 154 valence electrons. The summed E-state index contributed by atoms with van der Waals surface area (Å²) < 4.78 is 5.37. The molecule has 4 rings (SSSR count). The lowest BCUT2D eigenvalue weighted by molar-refractivity contribution is -0.132. The number of piperidine rings is 1. The summed E-state index contributed by atoms with van der Waals surface area (Å²) in [6.45, 7) is 3.25. The maximum Gasteiger partial charge on any atom is 0.272 e. The Morgan fingerprint density at radius 2 is 2.14 bits per heavy atom. The number of carbonyl (C=O) groups is 2. The van der Waals surface area contributed by atoms with Crippen LogP contribution in [0.15, 0.2) is 23.1 Å². The van der Waals surface area contributed by atoms with Crippen molar-refractivity contribution in [3.63, 3.8) is 0 Å². The first kappa shape index (κ1) is 19.5. The van der Waals surface area contributed by atoms with Crippen LogP contribution in [0.25, 0.3) is 0 Å². The van der Waals surface area contributed by atoms with Gasteiger partial charge in [0.05, 0.1) is 0 Å². The van der Waals surface area contributed by atoms with Crippen LogP contribution in [-0.2, 0) is 11.2 Å². The van der Waals surface area contributed by atoms with Gasteiger partial charge < -0.3 is 14.3 Å². The Labute approximate surface area is 169 Å². The molecule has 1 saturated carbocycles. The molecule has 9 nitrogen and oxygen atoms in total. The van der Waals surface area contributed by atoms with Gasteiger partial charge in [0.1, 0.15) is 12.0 Å². The van der Waals surface area contributed by atoms with Crippen molar-refractivity contribution < 1.29 is 14.1 Å². The molecular formula is C20H26N6O3. The van der Waals surface area contributed by atoms with Crippen molar-refractivity contribution in [1.82, 2.24) is 29.9 Å². The van der Waals surface area contributed by atoms with Gasteiger partial charge in [0.25, 0.3) is 5.91 Å². The van der Waals surface area contributed by atoms with Crippen molar-refractivity contribution in [2.75, 3.05) is 19.6 Å². The van der Waals surface area contributed by atoms with Crippen molar-refractivity contribution in [3.05, 3.63) is 36.0 Å². The van der Waals surface area contributed by atoms with E-state index in [1.54, 1.807) is 24.1 Å². The van der Waals surface area contributed by atoms with Crippen molar-refractivity contribution in [3.8, 4) is 0 Å². The minimum Gasteiger partial charge on any atom is -0.339 e. The highest BCUT2D eigenvalue weighted by atomic mass is 16.5. The van der Waals surface area contributed by atoms with Gasteiger partial charge in [0.15, 0.2) is 5.82 Å². The minimum absolute atomic E-state index is 0.00551. The van der Waals surface area contributed by atoms with Gasteiger partial charge in [-0.1, -0.05) is 11.6 Å². The lowest BCUT2D eigenvalue weighted by atomic mass is 9.85. The zero-order valence-electron chi connectivity index (χ0n) is 16.7. The highest BCUT2D eigenvalue weighted by Crippen LogP contribution is 2.35. The zero-order valence-corrected chi connectivity index (χ0v) is 16.7. The Morgan fingerprint density at radius 3 is 2.83 bits per heavy atom. The Bertz CT molecular complexity index is 851. The number of rotatable bonds is 6. The molecule has 29 heavy (non-hydrogen) atoms. The SMILES string of the molecule is CC(=O)N(CCc1noc(C2CCC2)n1)C1CCCN(C(=O)c2ccncn2)C1. The van der Waals surface area contributed by atoms with Crippen LogP contribution in [0.5, 0.6) is 0 Å².